The van der Waals surface area contributed by atoms with Gasteiger partial charge < -0.3 is 49.2 Å². The van der Waals surface area contributed by atoms with Crippen molar-refractivity contribution in [3.05, 3.63) is 42.2 Å². The van der Waals surface area contributed by atoms with Crippen LogP contribution in [0, 0.1) is 0 Å². The highest BCUT2D eigenvalue weighted by Crippen LogP contribution is 2.28. The highest BCUT2D eigenvalue weighted by molar-refractivity contribution is 5.26. The Bertz CT molecular complexity index is 681. The molecule has 1 saturated heterocycles. The first-order valence-electron chi connectivity index (χ1n) is 9.62. The predicted octanol–water partition coefficient (Wildman–Crippen LogP) is -1.33. The number of hydrogen-bond donors (Lipinski definition) is 5. The van der Waals surface area contributed by atoms with Gasteiger partial charge in [0.15, 0.2) is 6.29 Å². The number of ether oxygens (including phenoxy) is 5. The molecule has 0 amide bonds. The lowest BCUT2D eigenvalue weighted by Crippen LogP contribution is -2.62. The third-order valence-electron chi connectivity index (χ3n) is 5.13. The van der Waals surface area contributed by atoms with Crippen LogP contribution in [0.5, 0.6) is 5.75 Å². The van der Waals surface area contributed by atoms with Crippen LogP contribution in [-0.2, 0) is 25.6 Å². The molecule has 30 heavy (non-hydrogen) atoms. The number of aliphatic hydroxyl groups excluding tert-OH is 5. The van der Waals surface area contributed by atoms with Crippen LogP contribution in [0.15, 0.2) is 36.6 Å². The smallest absolute Gasteiger partial charge is 0.187 e. The Morgan fingerprint density at radius 1 is 0.933 bits per heavy atom. The molecule has 0 aliphatic carbocycles. The van der Waals surface area contributed by atoms with E-state index >= 15 is 0 Å². The Labute approximate surface area is 173 Å². The minimum atomic E-state index is -1.43. The Hall–Kier alpha value is -1.76. The van der Waals surface area contributed by atoms with Crippen LogP contribution < -0.4 is 4.74 Å². The van der Waals surface area contributed by atoms with Gasteiger partial charge in [0.2, 0.25) is 0 Å². The van der Waals surface area contributed by atoms with Crippen LogP contribution in [-0.4, -0.2) is 94.9 Å². The van der Waals surface area contributed by atoms with Crippen molar-refractivity contribution >= 4 is 0 Å². The summed E-state index contributed by atoms with van der Waals surface area (Å²) in [6, 6.07) is 7.07. The summed E-state index contributed by atoms with van der Waals surface area (Å²) >= 11 is 0. The van der Waals surface area contributed by atoms with E-state index in [9.17, 15) is 25.5 Å². The van der Waals surface area contributed by atoms with Crippen molar-refractivity contribution in [1.82, 2.24) is 0 Å². The molecule has 8 atom stereocenters. The summed E-state index contributed by atoms with van der Waals surface area (Å²) in [6.45, 7) is -0.896. The zero-order chi connectivity index (χ0) is 21.7. The van der Waals surface area contributed by atoms with E-state index in [4.69, 9.17) is 23.7 Å². The van der Waals surface area contributed by atoms with Crippen LogP contribution in [0.2, 0.25) is 0 Å². The van der Waals surface area contributed by atoms with Gasteiger partial charge in [0, 0.05) is 0 Å². The second-order valence-corrected chi connectivity index (χ2v) is 7.11. The van der Waals surface area contributed by atoms with Crippen molar-refractivity contribution < 1.29 is 49.2 Å². The van der Waals surface area contributed by atoms with Gasteiger partial charge in [-0.05, 0) is 23.8 Å². The lowest BCUT2D eigenvalue weighted by Gasteiger charge is -2.44. The summed E-state index contributed by atoms with van der Waals surface area (Å²) in [5, 5.41) is 50.3. The number of methoxy groups -OCH3 is 1. The van der Waals surface area contributed by atoms with E-state index in [-0.39, 0.29) is 6.61 Å². The summed E-state index contributed by atoms with van der Waals surface area (Å²) in [5.41, 5.74) is 0.779. The van der Waals surface area contributed by atoms with Crippen LogP contribution in [0.25, 0.3) is 0 Å². The minimum absolute atomic E-state index is 0.0742. The Kier molecular flexibility index (Phi) is 8.03. The van der Waals surface area contributed by atoms with Gasteiger partial charge in [0.1, 0.15) is 48.5 Å². The average molecular weight is 428 g/mol. The van der Waals surface area contributed by atoms with Crippen LogP contribution in [0.1, 0.15) is 5.56 Å². The Morgan fingerprint density at radius 2 is 1.63 bits per heavy atom. The molecule has 0 radical (unpaired) electrons. The largest absolute Gasteiger partial charge is 0.497 e. The molecule has 2 heterocycles. The monoisotopic (exact) mass is 428 g/mol. The van der Waals surface area contributed by atoms with Crippen LogP contribution >= 0.6 is 0 Å². The zero-order valence-electron chi connectivity index (χ0n) is 16.5. The summed E-state index contributed by atoms with van der Waals surface area (Å²) in [7, 11) is 1.56. The van der Waals surface area contributed by atoms with Gasteiger partial charge in [-0.2, -0.15) is 0 Å². The van der Waals surface area contributed by atoms with Crippen molar-refractivity contribution in [3.63, 3.8) is 0 Å². The molecule has 2 aliphatic heterocycles. The Morgan fingerprint density at radius 3 is 2.27 bits per heavy atom. The standard InChI is InChI=1S/C20H28O10/c1-26-12-4-2-11(3-5-12)10-28-19-16(24)14(8-21)29-20(17(19)25)30-18-13(23)6-7-27-15(18)9-22/h2-7,13-25H,8-10H2,1H3/t13-,14-,15-,16+,17-,18+,19+,20+/m1/s1. The highest BCUT2D eigenvalue weighted by atomic mass is 16.7. The highest BCUT2D eigenvalue weighted by Gasteiger charge is 2.48. The SMILES string of the molecule is COc1ccc(CO[C@H]2[C@@H](O)[C@@H](CO)O[C@@H](O[C@H]3[C@H](O)C=CO[C@@H]3CO)[C@@H]2O)cc1. The number of rotatable bonds is 8. The summed E-state index contributed by atoms with van der Waals surface area (Å²) in [6.07, 6.45) is -6.72. The van der Waals surface area contributed by atoms with Crippen molar-refractivity contribution in [2.45, 2.75) is 55.6 Å². The molecule has 5 N–H and O–H groups in total. The zero-order valence-corrected chi connectivity index (χ0v) is 16.5. The summed E-state index contributed by atoms with van der Waals surface area (Å²) in [5.74, 6) is 0.680. The molecule has 2 aliphatic rings. The number of hydrogen-bond acceptors (Lipinski definition) is 10. The average Bonchev–Trinajstić information content (AvgIpc) is 2.77. The van der Waals surface area contributed by atoms with Gasteiger partial charge in [-0.25, -0.2) is 0 Å². The third-order valence-corrected chi connectivity index (χ3v) is 5.13. The van der Waals surface area contributed by atoms with Gasteiger partial charge in [-0.3, -0.25) is 0 Å². The first-order chi connectivity index (χ1) is 14.5. The van der Waals surface area contributed by atoms with Gasteiger partial charge in [-0.15, -0.1) is 0 Å². The topological polar surface area (TPSA) is 147 Å². The molecule has 0 aromatic heterocycles. The number of aliphatic hydroxyl groups is 5. The molecule has 3 rings (SSSR count). The van der Waals surface area contributed by atoms with E-state index in [0.29, 0.717) is 5.75 Å². The van der Waals surface area contributed by atoms with Crippen LogP contribution in [0.3, 0.4) is 0 Å². The van der Waals surface area contributed by atoms with Crippen LogP contribution in [0.4, 0.5) is 0 Å². The van der Waals surface area contributed by atoms with Crippen molar-refractivity contribution in [2.75, 3.05) is 20.3 Å². The second-order valence-electron chi connectivity index (χ2n) is 7.11. The maximum absolute atomic E-state index is 10.7. The molecule has 1 fully saturated rings. The fourth-order valence-corrected chi connectivity index (χ4v) is 3.38. The molecule has 168 valence electrons. The maximum Gasteiger partial charge on any atom is 0.187 e. The third kappa shape index (κ3) is 5.10. The van der Waals surface area contributed by atoms with Crippen molar-refractivity contribution in [3.8, 4) is 5.75 Å². The van der Waals surface area contributed by atoms with E-state index in [1.807, 2.05) is 0 Å². The fraction of sp³-hybridized carbons (Fsp3) is 0.600. The van der Waals surface area contributed by atoms with E-state index < -0.39 is 62.2 Å². The molecular formula is C20H28O10. The Balaban J connectivity index is 1.69. The molecule has 10 nitrogen and oxygen atoms in total. The maximum atomic E-state index is 10.7. The summed E-state index contributed by atoms with van der Waals surface area (Å²) in [4.78, 5) is 0. The van der Waals surface area contributed by atoms with E-state index in [1.54, 1.807) is 31.4 Å². The lowest BCUT2D eigenvalue weighted by molar-refractivity contribution is -0.330. The molecule has 10 heteroatoms. The molecule has 0 unspecified atom stereocenters. The van der Waals surface area contributed by atoms with Gasteiger partial charge in [-0.1, -0.05) is 12.1 Å². The minimum Gasteiger partial charge on any atom is -0.497 e. The summed E-state index contributed by atoms with van der Waals surface area (Å²) < 4.78 is 27.2. The fourth-order valence-electron chi connectivity index (χ4n) is 3.38. The van der Waals surface area contributed by atoms with Crippen molar-refractivity contribution in [1.29, 1.82) is 0 Å². The normalized spacial score (nSPS) is 36.3. The first-order valence-corrected chi connectivity index (χ1v) is 9.62. The van der Waals surface area contributed by atoms with Gasteiger partial charge >= 0.3 is 0 Å². The molecular weight excluding hydrogens is 400 g/mol. The second kappa shape index (κ2) is 10.5. The lowest BCUT2D eigenvalue weighted by atomic mass is 9.98. The molecule has 0 bridgehead atoms. The quantitative estimate of drug-likeness (QED) is 0.337. The predicted molar refractivity (Wildman–Crippen MR) is 101 cm³/mol. The molecule has 1 aromatic rings. The van der Waals surface area contributed by atoms with E-state index in [1.165, 1.54) is 12.3 Å². The van der Waals surface area contributed by atoms with Gasteiger partial charge in [0.05, 0.1) is 33.2 Å². The van der Waals surface area contributed by atoms with E-state index in [0.717, 1.165) is 5.56 Å². The molecule has 1 aromatic carbocycles. The molecule has 0 spiro atoms. The van der Waals surface area contributed by atoms with E-state index in [2.05, 4.69) is 0 Å². The molecule has 0 saturated carbocycles. The number of benzene rings is 1. The first kappa shape index (κ1) is 22.9. The van der Waals surface area contributed by atoms with Gasteiger partial charge in [0.25, 0.3) is 0 Å². The van der Waals surface area contributed by atoms with Crippen molar-refractivity contribution in [2.24, 2.45) is 0 Å².